The van der Waals surface area contributed by atoms with E-state index in [-0.39, 0.29) is 6.10 Å². The highest BCUT2D eigenvalue weighted by Crippen LogP contribution is 2.23. The summed E-state index contributed by atoms with van der Waals surface area (Å²) in [5, 5.41) is 3.39. The molecule has 0 atom stereocenters. The molecule has 2 nitrogen and oxygen atoms in total. The molecule has 96 valence electrons. The van der Waals surface area contributed by atoms with E-state index in [1.807, 2.05) is 38.1 Å². The van der Waals surface area contributed by atoms with Crippen LogP contribution in [-0.4, -0.2) is 6.10 Å². The van der Waals surface area contributed by atoms with Crippen molar-refractivity contribution in [2.24, 2.45) is 0 Å². The molecule has 0 fully saturated rings. The minimum absolute atomic E-state index is 0.215. The second-order valence-corrected chi connectivity index (χ2v) is 6.80. The van der Waals surface area contributed by atoms with Gasteiger partial charge >= 0.3 is 0 Å². The Morgan fingerprint density at radius 2 is 1.89 bits per heavy atom. The Morgan fingerprint density at radius 1 is 1.17 bits per heavy atom. The minimum atomic E-state index is 0.215. The predicted octanol–water partition coefficient (Wildman–Crippen LogP) is 4.91. The molecule has 1 N–H and O–H groups in total. The summed E-state index contributed by atoms with van der Waals surface area (Å²) in [7, 11) is 0. The van der Waals surface area contributed by atoms with Crippen LogP contribution in [0.15, 0.2) is 40.2 Å². The van der Waals surface area contributed by atoms with Crippen LogP contribution in [0.4, 0.5) is 5.69 Å². The number of hydrogen-bond acceptors (Lipinski definition) is 3. The van der Waals surface area contributed by atoms with Crippen LogP contribution in [-0.2, 0) is 6.54 Å². The standard InChI is InChI=1S/C14H16BrNOS/c1-10(2)17-12-5-3-11(4-6-12)16-9-13-7-8-14(15)18-13/h3-8,10,16H,9H2,1-2H3. The second kappa shape index (κ2) is 6.25. The molecule has 0 aliphatic heterocycles. The van der Waals surface area contributed by atoms with E-state index >= 15 is 0 Å². The number of benzene rings is 1. The van der Waals surface area contributed by atoms with Crippen LogP contribution >= 0.6 is 27.3 Å². The quantitative estimate of drug-likeness (QED) is 0.843. The fourth-order valence-corrected chi connectivity index (χ4v) is 2.98. The summed E-state index contributed by atoms with van der Waals surface area (Å²) >= 11 is 5.21. The first-order valence-corrected chi connectivity index (χ1v) is 7.49. The molecule has 4 heteroatoms. The number of anilines is 1. The lowest BCUT2D eigenvalue weighted by Crippen LogP contribution is -2.05. The Kier molecular flexibility index (Phi) is 4.66. The van der Waals surface area contributed by atoms with Gasteiger partial charge in [0.05, 0.1) is 9.89 Å². The van der Waals surface area contributed by atoms with Crippen LogP contribution in [0, 0.1) is 0 Å². The first kappa shape index (κ1) is 13.4. The van der Waals surface area contributed by atoms with Gasteiger partial charge in [0.15, 0.2) is 0 Å². The molecule has 1 heterocycles. The number of ether oxygens (including phenoxy) is 1. The molecule has 0 saturated heterocycles. The highest BCUT2D eigenvalue weighted by molar-refractivity contribution is 9.11. The monoisotopic (exact) mass is 325 g/mol. The molecule has 0 amide bonds. The first-order chi connectivity index (χ1) is 8.63. The Balaban J connectivity index is 1.90. The topological polar surface area (TPSA) is 21.3 Å². The van der Waals surface area contributed by atoms with Crippen LogP contribution in [0.3, 0.4) is 0 Å². The number of hydrogen-bond donors (Lipinski definition) is 1. The smallest absolute Gasteiger partial charge is 0.119 e. The van der Waals surface area contributed by atoms with Crippen molar-refractivity contribution in [2.45, 2.75) is 26.5 Å². The zero-order chi connectivity index (χ0) is 13.0. The van der Waals surface area contributed by atoms with Gasteiger partial charge < -0.3 is 10.1 Å². The molecule has 0 radical (unpaired) electrons. The van der Waals surface area contributed by atoms with Crippen molar-refractivity contribution in [3.05, 3.63) is 45.1 Å². The van der Waals surface area contributed by atoms with E-state index in [9.17, 15) is 0 Å². The van der Waals surface area contributed by atoms with Crippen molar-refractivity contribution in [1.82, 2.24) is 0 Å². The van der Waals surface area contributed by atoms with Gasteiger partial charge in [0.2, 0.25) is 0 Å². The van der Waals surface area contributed by atoms with Crippen molar-refractivity contribution < 1.29 is 4.74 Å². The number of rotatable bonds is 5. The van der Waals surface area contributed by atoms with E-state index in [4.69, 9.17) is 4.74 Å². The molecule has 0 aliphatic carbocycles. The predicted molar refractivity (Wildman–Crippen MR) is 81.6 cm³/mol. The second-order valence-electron chi connectivity index (χ2n) is 4.25. The van der Waals surface area contributed by atoms with Gasteiger partial charge in [0, 0.05) is 17.1 Å². The third-order valence-electron chi connectivity index (χ3n) is 2.32. The molecule has 0 aliphatic rings. The lowest BCUT2D eigenvalue weighted by molar-refractivity contribution is 0.242. The molecule has 2 rings (SSSR count). The third-order valence-corrected chi connectivity index (χ3v) is 3.95. The lowest BCUT2D eigenvalue weighted by atomic mass is 10.3. The zero-order valence-electron chi connectivity index (χ0n) is 10.4. The van der Waals surface area contributed by atoms with Gasteiger partial charge in [-0.1, -0.05) is 0 Å². The fraction of sp³-hybridized carbons (Fsp3) is 0.286. The molecular weight excluding hydrogens is 310 g/mol. The number of halogens is 1. The van der Waals surface area contributed by atoms with Gasteiger partial charge in [-0.2, -0.15) is 0 Å². The summed E-state index contributed by atoms with van der Waals surface area (Å²) in [6, 6.07) is 12.3. The van der Waals surface area contributed by atoms with Gasteiger partial charge in [-0.3, -0.25) is 0 Å². The molecular formula is C14H16BrNOS. The van der Waals surface area contributed by atoms with Crippen LogP contribution in [0.2, 0.25) is 0 Å². The summed E-state index contributed by atoms with van der Waals surface area (Å²) in [4.78, 5) is 1.31. The Morgan fingerprint density at radius 3 is 2.44 bits per heavy atom. The van der Waals surface area contributed by atoms with Crippen LogP contribution in [0.5, 0.6) is 5.75 Å². The van der Waals surface area contributed by atoms with Crippen LogP contribution < -0.4 is 10.1 Å². The van der Waals surface area contributed by atoms with Crippen molar-refractivity contribution in [1.29, 1.82) is 0 Å². The van der Waals surface area contributed by atoms with Gasteiger partial charge in [-0.05, 0) is 66.2 Å². The van der Waals surface area contributed by atoms with E-state index in [0.717, 1.165) is 18.0 Å². The Hall–Kier alpha value is -1.00. The molecule has 0 spiro atoms. The maximum atomic E-state index is 5.60. The summed E-state index contributed by atoms with van der Waals surface area (Å²) in [5.41, 5.74) is 1.11. The minimum Gasteiger partial charge on any atom is -0.491 e. The summed E-state index contributed by atoms with van der Waals surface area (Å²) in [6.07, 6.45) is 0.215. The molecule has 1 aromatic heterocycles. The highest BCUT2D eigenvalue weighted by Gasteiger charge is 2.00. The Labute approximate surface area is 120 Å². The van der Waals surface area contributed by atoms with Crippen molar-refractivity contribution in [3.8, 4) is 5.75 Å². The van der Waals surface area contributed by atoms with Crippen LogP contribution in [0.1, 0.15) is 18.7 Å². The number of nitrogens with one attached hydrogen (secondary N) is 1. The summed E-state index contributed by atoms with van der Waals surface area (Å²) in [5.74, 6) is 0.911. The molecule has 2 aromatic rings. The van der Waals surface area contributed by atoms with Crippen molar-refractivity contribution in [3.63, 3.8) is 0 Å². The highest BCUT2D eigenvalue weighted by atomic mass is 79.9. The van der Waals surface area contributed by atoms with Gasteiger partial charge in [0.25, 0.3) is 0 Å². The van der Waals surface area contributed by atoms with Gasteiger partial charge in [0.1, 0.15) is 5.75 Å². The van der Waals surface area contributed by atoms with E-state index < -0.39 is 0 Å². The summed E-state index contributed by atoms with van der Waals surface area (Å²) in [6.45, 7) is 4.91. The van der Waals surface area contributed by atoms with Gasteiger partial charge in [-0.25, -0.2) is 0 Å². The lowest BCUT2D eigenvalue weighted by Gasteiger charge is -2.10. The molecule has 0 unspecified atom stereocenters. The first-order valence-electron chi connectivity index (χ1n) is 5.88. The van der Waals surface area contributed by atoms with Gasteiger partial charge in [-0.15, -0.1) is 11.3 Å². The summed E-state index contributed by atoms with van der Waals surface area (Å²) < 4.78 is 6.77. The number of thiophene rings is 1. The largest absolute Gasteiger partial charge is 0.491 e. The van der Waals surface area contributed by atoms with Crippen molar-refractivity contribution in [2.75, 3.05) is 5.32 Å². The maximum Gasteiger partial charge on any atom is 0.119 e. The molecule has 18 heavy (non-hydrogen) atoms. The van der Waals surface area contributed by atoms with Crippen molar-refractivity contribution >= 4 is 33.0 Å². The Bertz CT molecular complexity index is 493. The van der Waals surface area contributed by atoms with E-state index in [0.29, 0.717) is 0 Å². The SMILES string of the molecule is CC(C)Oc1ccc(NCc2ccc(Br)s2)cc1. The molecule has 0 saturated carbocycles. The van der Waals surface area contributed by atoms with Crippen LogP contribution in [0.25, 0.3) is 0 Å². The molecule has 0 bridgehead atoms. The zero-order valence-corrected chi connectivity index (χ0v) is 12.8. The average molecular weight is 326 g/mol. The molecule has 1 aromatic carbocycles. The normalized spacial score (nSPS) is 10.7. The fourth-order valence-electron chi connectivity index (χ4n) is 1.56. The van der Waals surface area contributed by atoms with E-state index in [1.54, 1.807) is 11.3 Å². The van der Waals surface area contributed by atoms with E-state index in [2.05, 4.69) is 33.4 Å². The average Bonchev–Trinajstić information content (AvgIpc) is 2.74. The maximum absolute atomic E-state index is 5.60. The van der Waals surface area contributed by atoms with E-state index in [1.165, 1.54) is 8.66 Å². The third kappa shape index (κ3) is 4.03.